The lowest BCUT2D eigenvalue weighted by atomic mass is 9.74. The Labute approximate surface area is 189 Å². The Morgan fingerprint density at radius 1 is 1.00 bits per heavy atom. The first-order chi connectivity index (χ1) is 15.1. The third-order valence-corrected chi connectivity index (χ3v) is 5.48. The maximum Gasteiger partial charge on any atom is 0.332 e. The van der Waals surface area contributed by atoms with Crippen molar-refractivity contribution in [3.8, 4) is 11.5 Å². The molecule has 1 aliphatic heterocycles. The van der Waals surface area contributed by atoms with Crippen LogP contribution >= 0.6 is 0 Å². The molecule has 7 nitrogen and oxygen atoms in total. The van der Waals surface area contributed by atoms with Crippen molar-refractivity contribution < 1.29 is 28.5 Å². The quantitative estimate of drug-likeness (QED) is 0.686. The molecule has 0 saturated carbocycles. The Hall–Kier alpha value is -3.06. The fourth-order valence-corrected chi connectivity index (χ4v) is 4.26. The number of esters is 2. The van der Waals surface area contributed by atoms with Crippen molar-refractivity contribution in [1.29, 1.82) is 0 Å². The Kier molecular flexibility index (Phi) is 6.79. The van der Waals surface area contributed by atoms with Crippen molar-refractivity contribution in [3.63, 3.8) is 0 Å². The van der Waals surface area contributed by atoms with Gasteiger partial charge in [-0.1, -0.05) is 30.3 Å². The molecule has 0 radical (unpaired) electrons. The molecule has 1 aliphatic rings. The molecule has 1 heterocycles. The van der Waals surface area contributed by atoms with E-state index in [0.717, 1.165) is 5.56 Å². The van der Waals surface area contributed by atoms with Crippen LogP contribution in [0.5, 0.6) is 11.5 Å². The van der Waals surface area contributed by atoms with E-state index in [0.29, 0.717) is 17.1 Å². The molecule has 7 heteroatoms. The normalized spacial score (nSPS) is 22.8. The molecule has 3 atom stereocenters. The summed E-state index contributed by atoms with van der Waals surface area (Å²) >= 11 is 0. The van der Waals surface area contributed by atoms with Gasteiger partial charge >= 0.3 is 11.9 Å². The SMILES string of the molecule is COc1ccc([C@@]2(C(=O)OC(C)(C)C)NC[C@H](OC(C)=O)[C@H]2c2ccccc2OC)cc1. The second-order valence-corrected chi connectivity index (χ2v) is 8.79. The van der Waals surface area contributed by atoms with Gasteiger partial charge in [0.15, 0.2) is 5.54 Å². The zero-order chi connectivity index (χ0) is 23.5. The highest BCUT2D eigenvalue weighted by Crippen LogP contribution is 2.48. The van der Waals surface area contributed by atoms with E-state index < -0.39 is 35.1 Å². The molecule has 0 amide bonds. The first-order valence-electron chi connectivity index (χ1n) is 10.6. The lowest BCUT2D eigenvalue weighted by molar-refractivity contribution is -0.165. The molecule has 172 valence electrons. The lowest BCUT2D eigenvalue weighted by Gasteiger charge is -2.37. The maximum absolute atomic E-state index is 13.9. The Balaban J connectivity index is 2.25. The van der Waals surface area contributed by atoms with Crippen molar-refractivity contribution in [2.75, 3.05) is 20.8 Å². The topological polar surface area (TPSA) is 83.1 Å². The highest BCUT2D eigenvalue weighted by molar-refractivity contribution is 5.86. The Morgan fingerprint density at radius 2 is 1.66 bits per heavy atom. The summed E-state index contributed by atoms with van der Waals surface area (Å²) in [6.07, 6.45) is -0.613. The van der Waals surface area contributed by atoms with Gasteiger partial charge < -0.3 is 18.9 Å². The van der Waals surface area contributed by atoms with Crippen molar-refractivity contribution in [2.45, 2.75) is 50.9 Å². The standard InChI is InChI=1S/C25H31NO6/c1-16(27)31-21-15-26-25(23(28)32-24(2,3)4,17-11-13-18(29-5)14-12-17)22(21)19-9-7-8-10-20(19)30-6/h7-14,21-22,26H,15H2,1-6H3/t21-,22+,25+/m0/s1. The number of carbonyl (C=O) groups is 2. The third-order valence-electron chi connectivity index (χ3n) is 5.48. The molecule has 0 aromatic heterocycles. The molecule has 0 aliphatic carbocycles. The number of rotatable bonds is 6. The third kappa shape index (κ3) is 4.58. The van der Waals surface area contributed by atoms with Crippen LogP contribution in [0.4, 0.5) is 0 Å². The van der Waals surface area contributed by atoms with Crippen LogP contribution < -0.4 is 14.8 Å². The van der Waals surface area contributed by atoms with Crippen LogP contribution in [0.2, 0.25) is 0 Å². The van der Waals surface area contributed by atoms with Crippen LogP contribution in [0, 0.1) is 0 Å². The molecule has 0 spiro atoms. The van der Waals surface area contributed by atoms with Gasteiger partial charge in [0.25, 0.3) is 0 Å². The highest BCUT2D eigenvalue weighted by atomic mass is 16.6. The summed E-state index contributed by atoms with van der Waals surface area (Å²) in [4.78, 5) is 25.8. The minimum Gasteiger partial charge on any atom is -0.497 e. The number of methoxy groups -OCH3 is 2. The predicted octanol–water partition coefficient (Wildman–Crippen LogP) is 3.56. The number of carbonyl (C=O) groups excluding carboxylic acids is 2. The lowest BCUT2D eigenvalue weighted by Crippen LogP contribution is -2.51. The minimum atomic E-state index is -1.31. The summed E-state index contributed by atoms with van der Waals surface area (Å²) in [6.45, 7) is 7.10. The largest absolute Gasteiger partial charge is 0.497 e. The van der Waals surface area contributed by atoms with E-state index >= 15 is 0 Å². The van der Waals surface area contributed by atoms with E-state index in [1.54, 1.807) is 26.4 Å². The van der Waals surface area contributed by atoms with E-state index in [-0.39, 0.29) is 6.54 Å². The molecule has 1 N–H and O–H groups in total. The van der Waals surface area contributed by atoms with Crippen LogP contribution in [-0.2, 0) is 24.6 Å². The first-order valence-corrected chi connectivity index (χ1v) is 10.6. The van der Waals surface area contributed by atoms with Crippen LogP contribution in [0.3, 0.4) is 0 Å². The average Bonchev–Trinajstić information content (AvgIpc) is 3.11. The summed E-state index contributed by atoms with van der Waals surface area (Å²) in [7, 11) is 3.16. The molecule has 1 fully saturated rings. The molecule has 2 aromatic rings. The molecule has 1 saturated heterocycles. The summed E-state index contributed by atoms with van der Waals surface area (Å²) in [5.41, 5.74) is -0.608. The number of nitrogens with one attached hydrogen (secondary N) is 1. The van der Waals surface area contributed by atoms with Gasteiger partial charge in [0.05, 0.1) is 20.1 Å². The average molecular weight is 442 g/mol. The van der Waals surface area contributed by atoms with Gasteiger partial charge in [0, 0.05) is 19.0 Å². The highest BCUT2D eigenvalue weighted by Gasteiger charge is 2.59. The van der Waals surface area contributed by atoms with E-state index in [9.17, 15) is 9.59 Å². The number of para-hydroxylation sites is 1. The van der Waals surface area contributed by atoms with Crippen LogP contribution in [0.15, 0.2) is 48.5 Å². The molecular weight excluding hydrogens is 410 g/mol. The number of hydrogen-bond acceptors (Lipinski definition) is 7. The fraction of sp³-hybridized carbons (Fsp3) is 0.440. The van der Waals surface area contributed by atoms with E-state index in [1.165, 1.54) is 6.92 Å². The number of hydrogen-bond donors (Lipinski definition) is 1. The smallest absolute Gasteiger partial charge is 0.332 e. The second kappa shape index (κ2) is 9.20. The summed E-state index contributed by atoms with van der Waals surface area (Å²) in [5, 5.41) is 3.35. The molecule has 0 unspecified atom stereocenters. The number of ether oxygens (including phenoxy) is 4. The van der Waals surface area contributed by atoms with Crippen molar-refractivity contribution in [2.24, 2.45) is 0 Å². The molecular formula is C25H31NO6. The van der Waals surface area contributed by atoms with Gasteiger partial charge in [-0.05, 0) is 44.5 Å². The van der Waals surface area contributed by atoms with E-state index in [4.69, 9.17) is 18.9 Å². The predicted molar refractivity (Wildman–Crippen MR) is 120 cm³/mol. The van der Waals surface area contributed by atoms with Crippen molar-refractivity contribution in [1.82, 2.24) is 5.32 Å². The van der Waals surface area contributed by atoms with Gasteiger partial charge in [-0.3, -0.25) is 10.1 Å². The zero-order valence-electron chi connectivity index (χ0n) is 19.4. The molecule has 0 bridgehead atoms. The van der Waals surface area contributed by atoms with Gasteiger partial charge in [-0.25, -0.2) is 4.79 Å². The van der Waals surface area contributed by atoms with Crippen LogP contribution in [0.1, 0.15) is 44.7 Å². The zero-order valence-corrected chi connectivity index (χ0v) is 19.4. The van der Waals surface area contributed by atoms with Crippen molar-refractivity contribution in [3.05, 3.63) is 59.7 Å². The minimum absolute atomic E-state index is 0.271. The van der Waals surface area contributed by atoms with Crippen LogP contribution in [-0.4, -0.2) is 44.4 Å². The first kappa shape index (κ1) is 23.6. The van der Waals surface area contributed by atoms with Gasteiger partial charge in [-0.15, -0.1) is 0 Å². The van der Waals surface area contributed by atoms with Crippen molar-refractivity contribution >= 4 is 11.9 Å². The summed E-state index contributed by atoms with van der Waals surface area (Å²) < 4.78 is 22.5. The van der Waals surface area contributed by atoms with Gasteiger partial charge in [0.2, 0.25) is 0 Å². The molecule has 32 heavy (non-hydrogen) atoms. The fourth-order valence-electron chi connectivity index (χ4n) is 4.26. The summed E-state index contributed by atoms with van der Waals surface area (Å²) in [6, 6.07) is 14.7. The molecule has 2 aromatic carbocycles. The maximum atomic E-state index is 13.9. The Bertz CT molecular complexity index is 965. The van der Waals surface area contributed by atoms with Gasteiger partial charge in [-0.2, -0.15) is 0 Å². The monoisotopic (exact) mass is 441 g/mol. The van der Waals surface area contributed by atoms with E-state index in [1.807, 2.05) is 57.2 Å². The number of benzene rings is 2. The van der Waals surface area contributed by atoms with Crippen LogP contribution in [0.25, 0.3) is 0 Å². The molecule has 3 rings (SSSR count). The summed E-state index contributed by atoms with van der Waals surface area (Å²) in [5.74, 6) is -0.214. The van der Waals surface area contributed by atoms with Gasteiger partial charge in [0.1, 0.15) is 23.2 Å². The second-order valence-electron chi connectivity index (χ2n) is 8.79. The Morgan fingerprint density at radius 3 is 2.22 bits per heavy atom. The van der Waals surface area contributed by atoms with E-state index in [2.05, 4.69) is 5.32 Å².